The summed E-state index contributed by atoms with van der Waals surface area (Å²) in [4.78, 5) is 25.3. The lowest BCUT2D eigenvalue weighted by atomic mass is 10.1. The zero-order chi connectivity index (χ0) is 21.2. The van der Waals surface area contributed by atoms with Crippen molar-refractivity contribution in [2.45, 2.75) is 6.54 Å². The highest BCUT2D eigenvalue weighted by atomic mass is 16.5. The molecule has 0 atom stereocenters. The largest absolute Gasteiger partial charge is 0.491 e. The van der Waals surface area contributed by atoms with Gasteiger partial charge in [-0.15, -0.1) is 0 Å². The van der Waals surface area contributed by atoms with Crippen molar-refractivity contribution >= 4 is 17.5 Å². The number of hydrogen-bond acceptors (Lipinski definition) is 4. The van der Waals surface area contributed by atoms with Crippen LogP contribution in [0, 0.1) is 0 Å². The van der Waals surface area contributed by atoms with Crippen LogP contribution in [0.15, 0.2) is 78.9 Å². The normalized spacial score (nSPS) is 10.3. The molecule has 2 amide bonds. The molecule has 3 aromatic carbocycles. The number of methoxy groups -OCH3 is 1. The van der Waals surface area contributed by atoms with Crippen LogP contribution in [0.1, 0.15) is 26.3 Å². The summed E-state index contributed by atoms with van der Waals surface area (Å²) in [6.45, 7) is 1.34. The van der Waals surface area contributed by atoms with E-state index in [1.54, 1.807) is 55.6 Å². The van der Waals surface area contributed by atoms with Gasteiger partial charge in [-0.1, -0.05) is 42.5 Å². The van der Waals surface area contributed by atoms with Crippen molar-refractivity contribution in [3.63, 3.8) is 0 Å². The summed E-state index contributed by atoms with van der Waals surface area (Å²) >= 11 is 0. The van der Waals surface area contributed by atoms with Crippen molar-refractivity contribution in [2.24, 2.45) is 0 Å². The monoisotopic (exact) mass is 404 g/mol. The summed E-state index contributed by atoms with van der Waals surface area (Å²) < 4.78 is 10.4. The molecule has 0 aromatic heterocycles. The topological polar surface area (TPSA) is 76.7 Å². The van der Waals surface area contributed by atoms with Crippen molar-refractivity contribution in [1.82, 2.24) is 5.32 Å². The van der Waals surface area contributed by atoms with Gasteiger partial charge < -0.3 is 20.1 Å². The fourth-order valence-corrected chi connectivity index (χ4v) is 2.80. The minimum atomic E-state index is -0.304. The van der Waals surface area contributed by atoms with Gasteiger partial charge in [-0.2, -0.15) is 0 Å². The Labute approximate surface area is 175 Å². The maximum atomic E-state index is 12.6. The summed E-state index contributed by atoms with van der Waals surface area (Å²) in [5, 5.41) is 5.70. The van der Waals surface area contributed by atoms with Crippen LogP contribution in [0.4, 0.5) is 5.69 Å². The van der Waals surface area contributed by atoms with Gasteiger partial charge in [0.1, 0.15) is 12.4 Å². The van der Waals surface area contributed by atoms with E-state index in [-0.39, 0.29) is 11.8 Å². The first-order valence-electron chi connectivity index (χ1n) is 9.61. The lowest BCUT2D eigenvalue weighted by Crippen LogP contribution is -2.24. The molecule has 0 radical (unpaired) electrons. The second-order valence-corrected chi connectivity index (χ2v) is 6.53. The maximum absolute atomic E-state index is 12.6. The second kappa shape index (κ2) is 10.8. The number of anilines is 1. The van der Waals surface area contributed by atoms with E-state index in [9.17, 15) is 9.59 Å². The van der Waals surface area contributed by atoms with Crippen LogP contribution in [-0.2, 0) is 11.3 Å². The van der Waals surface area contributed by atoms with Crippen LogP contribution < -0.4 is 15.4 Å². The quantitative estimate of drug-likeness (QED) is 0.531. The standard InChI is InChI=1S/C24H24N2O4/c1-29-15-16-30-20-13-11-19(12-14-20)23(27)26-22-10-6-5-9-21(22)24(28)25-17-18-7-3-2-4-8-18/h2-14H,15-17H2,1H3,(H,25,28)(H,26,27). The molecular formula is C24H24N2O4. The predicted molar refractivity (Wildman–Crippen MR) is 116 cm³/mol. The third-order valence-electron chi connectivity index (χ3n) is 4.39. The molecule has 0 aliphatic heterocycles. The van der Waals surface area contributed by atoms with Gasteiger partial charge >= 0.3 is 0 Å². The zero-order valence-electron chi connectivity index (χ0n) is 16.8. The highest BCUT2D eigenvalue weighted by Crippen LogP contribution is 2.18. The molecule has 154 valence electrons. The van der Waals surface area contributed by atoms with Crippen LogP contribution in [0.3, 0.4) is 0 Å². The molecule has 0 saturated carbocycles. The predicted octanol–water partition coefficient (Wildman–Crippen LogP) is 3.89. The van der Waals surface area contributed by atoms with Crippen LogP contribution >= 0.6 is 0 Å². The first-order chi connectivity index (χ1) is 14.7. The fraction of sp³-hybridized carbons (Fsp3) is 0.167. The summed E-state index contributed by atoms with van der Waals surface area (Å²) in [6.07, 6.45) is 0. The number of rotatable bonds is 9. The number of nitrogens with one attached hydrogen (secondary N) is 2. The van der Waals surface area contributed by atoms with E-state index in [2.05, 4.69) is 10.6 Å². The third kappa shape index (κ3) is 5.93. The number of carbonyl (C=O) groups excluding carboxylic acids is 2. The van der Waals surface area contributed by atoms with Crippen molar-refractivity contribution < 1.29 is 19.1 Å². The Balaban J connectivity index is 1.63. The van der Waals surface area contributed by atoms with Crippen LogP contribution in [-0.4, -0.2) is 32.1 Å². The highest BCUT2D eigenvalue weighted by molar-refractivity contribution is 6.09. The van der Waals surface area contributed by atoms with E-state index in [0.717, 1.165) is 5.56 Å². The smallest absolute Gasteiger partial charge is 0.255 e. The molecule has 0 unspecified atom stereocenters. The number of benzene rings is 3. The Morgan fingerprint density at radius 1 is 0.800 bits per heavy atom. The van der Waals surface area contributed by atoms with Crippen molar-refractivity contribution in [3.8, 4) is 5.75 Å². The Bertz CT molecular complexity index is 972. The van der Waals surface area contributed by atoms with E-state index < -0.39 is 0 Å². The molecule has 0 aliphatic rings. The van der Waals surface area contributed by atoms with Crippen molar-refractivity contribution in [2.75, 3.05) is 25.6 Å². The van der Waals surface area contributed by atoms with Crippen LogP contribution in [0.25, 0.3) is 0 Å². The molecule has 3 aromatic rings. The average Bonchev–Trinajstić information content (AvgIpc) is 2.79. The number of ether oxygens (including phenoxy) is 2. The Hall–Kier alpha value is -3.64. The second-order valence-electron chi connectivity index (χ2n) is 6.53. The van der Waals surface area contributed by atoms with Crippen LogP contribution in [0.5, 0.6) is 5.75 Å². The summed E-state index contributed by atoms with van der Waals surface area (Å²) in [5.41, 5.74) is 2.32. The molecule has 0 bridgehead atoms. The molecule has 6 heteroatoms. The lowest BCUT2D eigenvalue weighted by Gasteiger charge is -2.12. The van der Waals surface area contributed by atoms with Crippen molar-refractivity contribution in [1.29, 1.82) is 0 Å². The average molecular weight is 404 g/mol. The van der Waals surface area contributed by atoms with Gasteiger partial charge in [0.25, 0.3) is 11.8 Å². The number of para-hydroxylation sites is 1. The highest BCUT2D eigenvalue weighted by Gasteiger charge is 2.14. The van der Waals surface area contributed by atoms with Gasteiger partial charge in [0.05, 0.1) is 17.9 Å². The SMILES string of the molecule is COCCOc1ccc(C(=O)Nc2ccccc2C(=O)NCc2ccccc2)cc1. The van der Waals surface area contributed by atoms with E-state index in [4.69, 9.17) is 9.47 Å². The van der Waals surface area contributed by atoms with E-state index in [1.165, 1.54) is 0 Å². The lowest BCUT2D eigenvalue weighted by molar-refractivity contribution is 0.0952. The number of hydrogen-bond donors (Lipinski definition) is 2. The molecular weight excluding hydrogens is 380 g/mol. The molecule has 30 heavy (non-hydrogen) atoms. The van der Waals surface area contributed by atoms with Gasteiger partial charge in [0, 0.05) is 19.2 Å². The summed E-state index contributed by atoms with van der Waals surface area (Å²) in [6, 6.07) is 23.4. The van der Waals surface area contributed by atoms with Crippen LogP contribution in [0.2, 0.25) is 0 Å². The summed E-state index contributed by atoms with van der Waals surface area (Å²) in [7, 11) is 1.61. The van der Waals surface area contributed by atoms with Gasteiger partial charge in [-0.25, -0.2) is 0 Å². The Morgan fingerprint density at radius 2 is 1.50 bits per heavy atom. The molecule has 0 fully saturated rings. The van der Waals surface area contributed by atoms with Crippen molar-refractivity contribution in [3.05, 3.63) is 95.6 Å². The minimum Gasteiger partial charge on any atom is -0.491 e. The van der Waals surface area contributed by atoms with E-state index in [0.29, 0.717) is 42.3 Å². The van der Waals surface area contributed by atoms with Gasteiger partial charge in [0.2, 0.25) is 0 Å². The van der Waals surface area contributed by atoms with Gasteiger partial charge in [-0.05, 0) is 42.0 Å². The third-order valence-corrected chi connectivity index (χ3v) is 4.39. The Morgan fingerprint density at radius 3 is 2.23 bits per heavy atom. The molecule has 0 aliphatic carbocycles. The number of carbonyl (C=O) groups is 2. The first-order valence-corrected chi connectivity index (χ1v) is 9.61. The van der Waals surface area contributed by atoms with E-state index in [1.807, 2.05) is 30.3 Å². The first kappa shape index (κ1) is 21.1. The van der Waals surface area contributed by atoms with Gasteiger partial charge in [0.15, 0.2) is 0 Å². The molecule has 6 nitrogen and oxygen atoms in total. The fourth-order valence-electron chi connectivity index (χ4n) is 2.80. The summed E-state index contributed by atoms with van der Waals surface area (Å²) in [5.74, 6) is 0.0997. The van der Waals surface area contributed by atoms with E-state index >= 15 is 0 Å². The molecule has 0 heterocycles. The molecule has 0 spiro atoms. The number of amides is 2. The van der Waals surface area contributed by atoms with Gasteiger partial charge in [-0.3, -0.25) is 9.59 Å². The maximum Gasteiger partial charge on any atom is 0.255 e. The molecule has 2 N–H and O–H groups in total. The zero-order valence-corrected chi connectivity index (χ0v) is 16.8. The molecule has 0 saturated heterocycles. The Kier molecular flexibility index (Phi) is 7.58. The minimum absolute atomic E-state index is 0.253. The molecule has 3 rings (SSSR count).